The van der Waals surface area contributed by atoms with E-state index in [1.807, 2.05) is 36.4 Å². The first-order valence-electron chi connectivity index (χ1n) is 11.2. The first kappa shape index (κ1) is 22.2. The molecular formula is C26H20FN5O3S. The molecule has 0 N–H and O–H groups in total. The Morgan fingerprint density at radius 1 is 1.11 bits per heavy atom. The number of ether oxygens (including phenoxy) is 2. The van der Waals surface area contributed by atoms with E-state index in [0.717, 1.165) is 22.1 Å². The minimum absolute atomic E-state index is 0.346. The van der Waals surface area contributed by atoms with Crippen LogP contribution in [-0.4, -0.2) is 31.7 Å². The van der Waals surface area contributed by atoms with E-state index in [1.165, 1.54) is 24.6 Å². The highest BCUT2D eigenvalue weighted by molar-refractivity contribution is 7.16. The second kappa shape index (κ2) is 9.04. The molecule has 0 spiro atoms. The molecule has 0 saturated heterocycles. The maximum absolute atomic E-state index is 13.6. The van der Waals surface area contributed by atoms with Crippen LogP contribution < -0.4 is 9.47 Å². The van der Waals surface area contributed by atoms with Gasteiger partial charge in [-0.25, -0.2) is 23.9 Å². The zero-order valence-corrected chi connectivity index (χ0v) is 20.2. The second-order valence-corrected chi connectivity index (χ2v) is 9.16. The van der Waals surface area contributed by atoms with Gasteiger partial charge in [-0.1, -0.05) is 29.5 Å². The van der Waals surface area contributed by atoms with Gasteiger partial charge in [-0.3, -0.25) is 0 Å². The maximum Gasteiger partial charge on any atom is 0.212 e. The molecule has 6 rings (SSSR count). The SMILES string of the molecule is COc1cc(OCc2cccc(-c3cncnc3)c2)c2cc(-c3cn4nc([C@H](C)F)sc4n3)oc2c1. The molecule has 4 aromatic heterocycles. The summed E-state index contributed by atoms with van der Waals surface area (Å²) in [6.07, 6.45) is 5.65. The average molecular weight is 502 g/mol. The lowest BCUT2D eigenvalue weighted by molar-refractivity contribution is 0.307. The lowest BCUT2D eigenvalue weighted by atomic mass is 10.1. The number of hydrogen-bond acceptors (Lipinski definition) is 8. The molecule has 0 saturated carbocycles. The van der Waals surface area contributed by atoms with Crippen molar-refractivity contribution >= 4 is 27.3 Å². The molecule has 0 aliphatic carbocycles. The quantitative estimate of drug-likeness (QED) is 0.254. The Morgan fingerprint density at radius 3 is 2.75 bits per heavy atom. The van der Waals surface area contributed by atoms with Crippen LogP contribution in [0.25, 0.3) is 38.5 Å². The number of nitrogens with zero attached hydrogens (tertiary/aromatic N) is 5. The van der Waals surface area contributed by atoms with E-state index in [2.05, 4.69) is 20.1 Å². The lowest BCUT2D eigenvalue weighted by Gasteiger charge is -2.10. The molecule has 180 valence electrons. The first-order chi connectivity index (χ1) is 17.6. The van der Waals surface area contributed by atoms with Crippen LogP contribution in [0, 0.1) is 0 Å². The van der Waals surface area contributed by atoms with Gasteiger partial charge in [-0.15, -0.1) is 0 Å². The van der Waals surface area contributed by atoms with Crippen molar-refractivity contribution in [2.45, 2.75) is 19.7 Å². The molecule has 0 bridgehead atoms. The predicted octanol–water partition coefficient (Wildman–Crippen LogP) is 6.28. The molecular weight excluding hydrogens is 481 g/mol. The Balaban J connectivity index is 1.31. The molecule has 0 radical (unpaired) electrons. The molecule has 36 heavy (non-hydrogen) atoms. The van der Waals surface area contributed by atoms with Crippen LogP contribution in [0.3, 0.4) is 0 Å². The van der Waals surface area contributed by atoms with Crippen molar-refractivity contribution in [1.29, 1.82) is 0 Å². The maximum atomic E-state index is 13.6. The average Bonchev–Trinajstić information content (AvgIpc) is 3.61. The summed E-state index contributed by atoms with van der Waals surface area (Å²) in [5.41, 5.74) is 4.15. The standard InChI is InChI=1S/C26H20FN5O3S/c1-15(27)25-31-32-12-21(30-26(32)36-25)24-9-20-22(7-19(33-2)8-23(20)35-24)34-13-16-4-3-5-17(6-16)18-10-28-14-29-11-18/h3-12,14-15H,13H2,1-2H3/t15-/m0/s1. The molecule has 0 unspecified atom stereocenters. The Hall–Kier alpha value is -4.31. The highest BCUT2D eigenvalue weighted by Gasteiger charge is 2.18. The number of fused-ring (bicyclic) bond motifs is 2. The van der Waals surface area contributed by atoms with Gasteiger partial charge < -0.3 is 13.9 Å². The summed E-state index contributed by atoms with van der Waals surface area (Å²) < 4.78 is 32.9. The van der Waals surface area contributed by atoms with E-state index in [0.29, 0.717) is 45.1 Å². The fraction of sp³-hybridized carbons (Fsp3) is 0.154. The monoisotopic (exact) mass is 501 g/mol. The van der Waals surface area contributed by atoms with Gasteiger partial charge in [-0.05, 0) is 30.2 Å². The number of methoxy groups -OCH3 is 1. The van der Waals surface area contributed by atoms with Crippen molar-refractivity contribution in [2.24, 2.45) is 0 Å². The van der Waals surface area contributed by atoms with Crippen molar-refractivity contribution in [3.63, 3.8) is 0 Å². The van der Waals surface area contributed by atoms with Crippen LogP contribution in [0.2, 0.25) is 0 Å². The summed E-state index contributed by atoms with van der Waals surface area (Å²) in [5.74, 6) is 1.80. The van der Waals surface area contributed by atoms with E-state index in [9.17, 15) is 4.39 Å². The Bertz CT molecular complexity index is 1640. The molecule has 0 aliphatic heterocycles. The second-order valence-electron chi connectivity index (χ2n) is 8.17. The van der Waals surface area contributed by atoms with Gasteiger partial charge in [0, 0.05) is 30.1 Å². The predicted molar refractivity (Wildman–Crippen MR) is 134 cm³/mol. The van der Waals surface area contributed by atoms with Crippen LogP contribution in [0.1, 0.15) is 23.7 Å². The topological polar surface area (TPSA) is 87.6 Å². The summed E-state index contributed by atoms with van der Waals surface area (Å²) in [6.45, 7) is 1.80. The number of rotatable bonds is 7. The summed E-state index contributed by atoms with van der Waals surface area (Å²) >= 11 is 1.21. The van der Waals surface area contributed by atoms with Crippen molar-refractivity contribution < 1.29 is 18.3 Å². The third-order valence-electron chi connectivity index (χ3n) is 5.68. The van der Waals surface area contributed by atoms with Gasteiger partial charge >= 0.3 is 0 Å². The van der Waals surface area contributed by atoms with Crippen molar-refractivity contribution in [3.8, 4) is 34.1 Å². The smallest absolute Gasteiger partial charge is 0.212 e. The highest BCUT2D eigenvalue weighted by Crippen LogP contribution is 2.37. The normalized spacial score (nSPS) is 12.3. The molecule has 6 aromatic rings. The number of alkyl halides is 1. The fourth-order valence-corrected chi connectivity index (χ4v) is 4.70. The van der Waals surface area contributed by atoms with E-state index >= 15 is 0 Å². The molecule has 1 atom stereocenters. The Kier molecular flexibility index (Phi) is 5.57. The van der Waals surface area contributed by atoms with Gasteiger partial charge in [0.25, 0.3) is 0 Å². The van der Waals surface area contributed by atoms with Crippen LogP contribution in [0.5, 0.6) is 11.5 Å². The highest BCUT2D eigenvalue weighted by atomic mass is 32.1. The number of aromatic nitrogens is 5. The van der Waals surface area contributed by atoms with E-state index in [4.69, 9.17) is 13.9 Å². The number of benzene rings is 2. The van der Waals surface area contributed by atoms with Crippen LogP contribution in [0.4, 0.5) is 4.39 Å². The van der Waals surface area contributed by atoms with Crippen molar-refractivity contribution in [1.82, 2.24) is 24.6 Å². The van der Waals surface area contributed by atoms with Gasteiger partial charge in [0.2, 0.25) is 4.96 Å². The first-order valence-corrected chi connectivity index (χ1v) is 12.0. The Morgan fingerprint density at radius 2 is 1.97 bits per heavy atom. The van der Waals surface area contributed by atoms with Crippen LogP contribution in [-0.2, 0) is 6.61 Å². The van der Waals surface area contributed by atoms with E-state index < -0.39 is 6.17 Å². The number of halogens is 1. The lowest BCUT2D eigenvalue weighted by Crippen LogP contribution is -1.97. The minimum Gasteiger partial charge on any atom is -0.496 e. The molecule has 0 amide bonds. The summed E-state index contributed by atoms with van der Waals surface area (Å²) in [6, 6.07) is 13.6. The largest absolute Gasteiger partial charge is 0.496 e. The summed E-state index contributed by atoms with van der Waals surface area (Å²) in [5, 5.41) is 5.43. The van der Waals surface area contributed by atoms with Gasteiger partial charge in [0.1, 0.15) is 35.7 Å². The van der Waals surface area contributed by atoms with Gasteiger partial charge in [-0.2, -0.15) is 5.10 Å². The van der Waals surface area contributed by atoms with Crippen LogP contribution >= 0.6 is 11.3 Å². The van der Waals surface area contributed by atoms with Gasteiger partial charge in [0.15, 0.2) is 16.9 Å². The summed E-state index contributed by atoms with van der Waals surface area (Å²) in [4.78, 5) is 13.3. The third kappa shape index (κ3) is 4.16. The van der Waals surface area contributed by atoms with Crippen LogP contribution in [0.15, 0.2) is 71.8 Å². The molecule has 0 fully saturated rings. The zero-order chi connectivity index (χ0) is 24.6. The number of imidazole rings is 1. The molecule has 10 heteroatoms. The fourth-order valence-electron chi connectivity index (χ4n) is 3.89. The molecule has 4 heterocycles. The molecule has 8 nitrogen and oxygen atoms in total. The van der Waals surface area contributed by atoms with Crippen molar-refractivity contribution in [3.05, 3.63) is 78.0 Å². The van der Waals surface area contributed by atoms with E-state index in [1.54, 1.807) is 36.3 Å². The van der Waals surface area contributed by atoms with E-state index in [-0.39, 0.29) is 0 Å². The Labute approximate surface area is 209 Å². The number of hydrogen-bond donors (Lipinski definition) is 0. The van der Waals surface area contributed by atoms with Crippen molar-refractivity contribution in [2.75, 3.05) is 7.11 Å². The molecule has 0 aliphatic rings. The zero-order valence-electron chi connectivity index (χ0n) is 19.4. The number of furan rings is 1. The van der Waals surface area contributed by atoms with Gasteiger partial charge in [0.05, 0.1) is 18.7 Å². The summed E-state index contributed by atoms with van der Waals surface area (Å²) in [7, 11) is 1.60. The third-order valence-corrected chi connectivity index (χ3v) is 6.75. The molecule has 2 aromatic carbocycles. The minimum atomic E-state index is -1.14.